The molecule has 1 amide bonds. The lowest BCUT2D eigenvalue weighted by Crippen LogP contribution is -2.52. The van der Waals surface area contributed by atoms with Crippen molar-refractivity contribution in [1.82, 2.24) is 20.4 Å². The van der Waals surface area contributed by atoms with Crippen LogP contribution < -0.4 is 5.32 Å². The fraction of sp³-hybridized carbons (Fsp3) is 0.385. The molecule has 1 saturated heterocycles. The van der Waals surface area contributed by atoms with Crippen molar-refractivity contribution in [2.45, 2.75) is 13.0 Å². The van der Waals surface area contributed by atoms with Gasteiger partial charge < -0.3 is 10.2 Å². The van der Waals surface area contributed by atoms with Gasteiger partial charge in [0.1, 0.15) is 0 Å². The highest BCUT2D eigenvalue weighted by atomic mass is 35.5. The molecular formula is C13H17ClN4O. The molecule has 2 N–H and O–H groups in total. The zero-order valence-corrected chi connectivity index (χ0v) is 11.5. The molecule has 2 aromatic rings. The minimum atomic E-state index is 0. The van der Waals surface area contributed by atoms with Gasteiger partial charge in [-0.25, -0.2) is 0 Å². The Morgan fingerprint density at radius 1 is 1.42 bits per heavy atom. The van der Waals surface area contributed by atoms with Gasteiger partial charge in [0, 0.05) is 31.1 Å². The fourth-order valence-electron chi connectivity index (χ4n) is 2.41. The summed E-state index contributed by atoms with van der Waals surface area (Å²) in [6, 6.07) is 7.93. The third kappa shape index (κ3) is 2.43. The number of aromatic amines is 1. The number of carbonyl (C=O) groups is 1. The van der Waals surface area contributed by atoms with Gasteiger partial charge >= 0.3 is 0 Å². The van der Waals surface area contributed by atoms with Crippen LogP contribution in [0.5, 0.6) is 0 Å². The van der Waals surface area contributed by atoms with E-state index in [0.29, 0.717) is 5.69 Å². The standard InChI is InChI=1S/C13H16N4O.ClH/c1-9-8-14-6-7-17(9)13(18)12-10-4-2-3-5-11(10)15-16-12;/h2-5,9,14H,6-8H2,1H3,(H,15,16);1H. The maximum Gasteiger partial charge on any atom is 0.275 e. The lowest BCUT2D eigenvalue weighted by molar-refractivity contribution is 0.0651. The average molecular weight is 281 g/mol. The Balaban J connectivity index is 0.00000133. The van der Waals surface area contributed by atoms with Crippen molar-refractivity contribution in [1.29, 1.82) is 0 Å². The van der Waals surface area contributed by atoms with Gasteiger partial charge in [0.05, 0.1) is 5.52 Å². The minimum absolute atomic E-state index is 0. The molecule has 1 atom stereocenters. The Morgan fingerprint density at radius 2 is 2.21 bits per heavy atom. The molecule has 0 bridgehead atoms. The van der Waals surface area contributed by atoms with E-state index in [0.717, 1.165) is 30.5 Å². The first kappa shape index (κ1) is 13.8. The number of para-hydroxylation sites is 1. The Bertz CT molecular complexity index is 583. The number of piperazine rings is 1. The number of hydrogen-bond donors (Lipinski definition) is 2. The molecule has 1 unspecified atom stereocenters. The Labute approximate surface area is 117 Å². The van der Waals surface area contributed by atoms with Crippen LogP contribution in [0.1, 0.15) is 17.4 Å². The number of nitrogens with one attached hydrogen (secondary N) is 2. The lowest BCUT2D eigenvalue weighted by Gasteiger charge is -2.33. The van der Waals surface area contributed by atoms with Gasteiger partial charge in [-0.1, -0.05) is 18.2 Å². The first-order valence-electron chi connectivity index (χ1n) is 6.22. The van der Waals surface area contributed by atoms with Crippen LogP contribution in [-0.2, 0) is 0 Å². The van der Waals surface area contributed by atoms with E-state index in [4.69, 9.17) is 0 Å². The van der Waals surface area contributed by atoms with E-state index in [-0.39, 0.29) is 24.4 Å². The summed E-state index contributed by atoms with van der Waals surface area (Å²) in [6.07, 6.45) is 0. The van der Waals surface area contributed by atoms with Gasteiger partial charge in [0.15, 0.2) is 5.69 Å². The highest BCUT2D eigenvalue weighted by Crippen LogP contribution is 2.18. The van der Waals surface area contributed by atoms with E-state index < -0.39 is 0 Å². The Hall–Kier alpha value is -1.59. The van der Waals surface area contributed by atoms with E-state index in [1.54, 1.807) is 0 Å². The molecule has 2 heterocycles. The molecule has 1 aromatic heterocycles. The number of fused-ring (bicyclic) bond motifs is 1. The van der Waals surface area contributed by atoms with Gasteiger partial charge in [-0.2, -0.15) is 5.10 Å². The highest BCUT2D eigenvalue weighted by Gasteiger charge is 2.26. The number of aromatic nitrogens is 2. The Kier molecular flexibility index (Phi) is 4.07. The zero-order chi connectivity index (χ0) is 12.5. The smallest absolute Gasteiger partial charge is 0.275 e. The number of rotatable bonds is 1. The maximum absolute atomic E-state index is 12.5. The van der Waals surface area contributed by atoms with Crippen LogP contribution >= 0.6 is 12.4 Å². The van der Waals surface area contributed by atoms with Crippen molar-refractivity contribution in [3.8, 4) is 0 Å². The second-order valence-corrected chi connectivity index (χ2v) is 4.67. The largest absolute Gasteiger partial charge is 0.332 e. The SMILES string of the molecule is CC1CNCCN1C(=O)c1n[nH]c2ccccc12.Cl. The molecule has 5 nitrogen and oxygen atoms in total. The summed E-state index contributed by atoms with van der Waals surface area (Å²) < 4.78 is 0. The lowest BCUT2D eigenvalue weighted by atomic mass is 10.1. The molecule has 1 fully saturated rings. The molecule has 6 heteroatoms. The van der Waals surface area contributed by atoms with E-state index in [1.807, 2.05) is 29.2 Å². The summed E-state index contributed by atoms with van der Waals surface area (Å²) >= 11 is 0. The molecule has 0 radical (unpaired) electrons. The minimum Gasteiger partial charge on any atom is -0.332 e. The van der Waals surface area contributed by atoms with Gasteiger partial charge in [0.25, 0.3) is 5.91 Å². The molecule has 1 aliphatic rings. The van der Waals surface area contributed by atoms with Crippen LogP contribution in [0, 0.1) is 0 Å². The molecule has 1 aliphatic heterocycles. The predicted molar refractivity (Wildman–Crippen MR) is 76.7 cm³/mol. The summed E-state index contributed by atoms with van der Waals surface area (Å²) in [4.78, 5) is 14.4. The number of hydrogen-bond acceptors (Lipinski definition) is 3. The van der Waals surface area contributed by atoms with Crippen molar-refractivity contribution in [3.05, 3.63) is 30.0 Å². The number of halogens is 1. The number of carbonyl (C=O) groups excluding carboxylic acids is 1. The molecule has 19 heavy (non-hydrogen) atoms. The maximum atomic E-state index is 12.5. The van der Waals surface area contributed by atoms with Crippen molar-refractivity contribution in [3.63, 3.8) is 0 Å². The van der Waals surface area contributed by atoms with Crippen LogP contribution in [0.25, 0.3) is 10.9 Å². The summed E-state index contributed by atoms with van der Waals surface area (Å²) in [5.41, 5.74) is 1.43. The molecule has 3 rings (SSSR count). The number of amides is 1. The van der Waals surface area contributed by atoms with Crippen LogP contribution in [-0.4, -0.2) is 46.7 Å². The van der Waals surface area contributed by atoms with Gasteiger partial charge in [-0.05, 0) is 13.0 Å². The molecule has 0 aliphatic carbocycles. The molecule has 1 aromatic carbocycles. The van der Waals surface area contributed by atoms with Crippen molar-refractivity contribution in [2.24, 2.45) is 0 Å². The van der Waals surface area contributed by atoms with E-state index in [9.17, 15) is 4.79 Å². The third-order valence-corrected chi connectivity index (χ3v) is 3.44. The predicted octanol–water partition coefficient (Wildman–Crippen LogP) is 1.42. The Morgan fingerprint density at radius 3 is 3.00 bits per heavy atom. The monoisotopic (exact) mass is 280 g/mol. The second kappa shape index (κ2) is 5.59. The summed E-state index contributed by atoms with van der Waals surface area (Å²) in [5, 5.41) is 11.3. The highest BCUT2D eigenvalue weighted by molar-refractivity contribution is 6.04. The topological polar surface area (TPSA) is 61.0 Å². The van der Waals surface area contributed by atoms with Crippen LogP contribution in [0.3, 0.4) is 0 Å². The quantitative estimate of drug-likeness (QED) is 0.830. The van der Waals surface area contributed by atoms with E-state index >= 15 is 0 Å². The van der Waals surface area contributed by atoms with Gasteiger partial charge in [-0.3, -0.25) is 9.89 Å². The van der Waals surface area contributed by atoms with E-state index in [1.165, 1.54) is 0 Å². The average Bonchev–Trinajstić information content (AvgIpc) is 2.82. The molecule has 0 spiro atoms. The fourth-order valence-corrected chi connectivity index (χ4v) is 2.41. The molecular weight excluding hydrogens is 264 g/mol. The summed E-state index contributed by atoms with van der Waals surface area (Å²) in [7, 11) is 0. The summed E-state index contributed by atoms with van der Waals surface area (Å²) in [6.45, 7) is 4.48. The van der Waals surface area contributed by atoms with Crippen LogP contribution in [0.2, 0.25) is 0 Å². The van der Waals surface area contributed by atoms with Gasteiger partial charge in [0.2, 0.25) is 0 Å². The van der Waals surface area contributed by atoms with Crippen molar-refractivity contribution >= 4 is 29.2 Å². The van der Waals surface area contributed by atoms with Gasteiger partial charge in [-0.15, -0.1) is 12.4 Å². The first-order valence-corrected chi connectivity index (χ1v) is 6.22. The third-order valence-electron chi connectivity index (χ3n) is 3.44. The first-order chi connectivity index (χ1) is 8.77. The van der Waals surface area contributed by atoms with Crippen LogP contribution in [0.4, 0.5) is 0 Å². The number of benzene rings is 1. The number of H-pyrrole nitrogens is 1. The normalized spacial score (nSPS) is 19.2. The van der Waals surface area contributed by atoms with Crippen LogP contribution in [0.15, 0.2) is 24.3 Å². The van der Waals surface area contributed by atoms with E-state index in [2.05, 4.69) is 22.4 Å². The zero-order valence-electron chi connectivity index (χ0n) is 10.7. The second-order valence-electron chi connectivity index (χ2n) is 4.67. The number of nitrogens with zero attached hydrogens (tertiary/aromatic N) is 2. The molecule has 0 saturated carbocycles. The van der Waals surface area contributed by atoms with Crippen molar-refractivity contribution in [2.75, 3.05) is 19.6 Å². The summed E-state index contributed by atoms with van der Waals surface area (Å²) in [5.74, 6) is 0.0152. The van der Waals surface area contributed by atoms with Crippen molar-refractivity contribution < 1.29 is 4.79 Å². The molecule has 102 valence electrons.